The zero-order valence-corrected chi connectivity index (χ0v) is 11.6. The molecule has 0 aromatic carbocycles. The summed E-state index contributed by atoms with van der Waals surface area (Å²) >= 11 is 5.69. The Kier molecular flexibility index (Phi) is 4.90. The van der Waals surface area contributed by atoms with Crippen molar-refractivity contribution in [2.45, 2.75) is 40.2 Å². The van der Waals surface area contributed by atoms with Gasteiger partial charge in [-0.05, 0) is 18.0 Å². The van der Waals surface area contributed by atoms with Gasteiger partial charge < -0.3 is 5.32 Å². The predicted octanol–water partition coefficient (Wildman–Crippen LogP) is 3.44. The van der Waals surface area contributed by atoms with Crippen LogP contribution in [0.25, 0.3) is 0 Å². The van der Waals surface area contributed by atoms with Crippen LogP contribution < -0.4 is 5.32 Å². The lowest BCUT2D eigenvalue weighted by atomic mass is 9.84. The first-order chi connectivity index (χ1) is 7.84. The van der Waals surface area contributed by atoms with Crippen molar-refractivity contribution in [1.82, 2.24) is 10.3 Å². The molecule has 1 atom stereocenters. The van der Waals surface area contributed by atoms with Crippen molar-refractivity contribution in [2.24, 2.45) is 5.41 Å². The molecular formula is C13H20ClFN2. The Labute approximate surface area is 108 Å². The molecule has 0 radical (unpaired) electrons. The van der Waals surface area contributed by atoms with Gasteiger partial charge in [-0.15, -0.1) is 0 Å². The van der Waals surface area contributed by atoms with Crippen molar-refractivity contribution in [3.05, 3.63) is 28.8 Å². The quantitative estimate of drug-likeness (QED) is 0.895. The number of pyridine rings is 1. The highest BCUT2D eigenvalue weighted by molar-refractivity contribution is 6.30. The molecule has 1 rings (SSSR count). The third kappa shape index (κ3) is 4.25. The van der Waals surface area contributed by atoms with E-state index in [9.17, 15) is 4.39 Å². The number of nitrogens with one attached hydrogen (secondary N) is 1. The fourth-order valence-electron chi connectivity index (χ4n) is 1.72. The molecule has 1 unspecified atom stereocenters. The Hall–Kier alpha value is -0.670. The van der Waals surface area contributed by atoms with Gasteiger partial charge in [-0.25, -0.2) is 4.39 Å². The van der Waals surface area contributed by atoms with Gasteiger partial charge in [0.1, 0.15) is 5.82 Å². The Morgan fingerprint density at radius 2 is 2.12 bits per heavy atom. The van der Waals surface area contributed by atoms with Crippen molar-refractivity contribution in [3.63, 3.8) is 0 Å². The van der Waals surface area contributed by atoms with Gasteiger partial charge in [-0.2, -0.15) is 0 Å². The molecule has 0 spiro atoms. The van der Waals surface area contributed by atoms with E-state index in [1.54, 1.807) is 0 Å². The summed E-state index contributed by atoms with van der Waals surface area (Å²) in [5, 5.41) is 3.71. The lowest BCUT2D eigenvalue weighted by molar-refractivity contribution is 0.266. The molecule has 17 heavy (non-hydrogen) atoms. The summed E-state index contributed by atoms with van der Waals surface area (Å²) in [6.07, 6.45) is 2.06. The normalized spacial score (nSPS) is 13.8. The lowest BCUT2D eigenvalue weighted by Crippen LogP contribution is -2.42. The zero-order chi connectivity index (χ0) is 13.1. The fourth-order valence-corrected chi connectivity index (χ4v) is 1.86. The number of halogens is 2. The van der Waals surface area contributed by atoms with Crippen LogP contribution in [0.5, 0.6) is 0 Å². The molecule has 2 nitrogen and oxygen atoms in total. The highest BCUT2D eigenvalue weighted by Gasteiger charge is 2.25. The van der Waals surface area contributed by atoms with E-state index in [-0.39, 0.29) is 17.3 Å². The molecule has 0 amide bonds. The van der Waals surface area contributed by atoms with Crippen LogP contribution in [0.2, 0.25) is 5.02 Å². The Balaban J connectivity index is 2.86. The molecule has 96 valence electrons. The van der Waals surface area contributed by atoms with E-state index in [1.165, 1.54) is 12.3 Å². The molecule has 0 bridgehead atoms. The largest absolute Gasteiger partial charge is 0.313 e. The van der Waals surface area contributed by atoms with Crippen LogP contribution in [0.15, 0.2) is 12.3 Å². The number of hydrogen-bond acceptors (Lipinski definition) is 2. The zero-order valence-electron chi connectivity index (χ0n) is 10.8. The molecule has 0 saturated carbocycles. The topological polar surface area (TPSA) is 24.9 Å². The van der Waals surface area contributed by atoms with E-state index in [0.29, 0.717) is 17.1 Å². The Morgan fingerprint density at radius 3 is 2.59 bits per heavy atom. The van der Waals surface area contributed by atoms with Gasteiger partial charge in [0.15, 0.2) is 0 Å². The molecule has 0 aliphatic carbocycles. The summed E-state index contributed by atoms with van der Waals surface area (Å²) in [5.41, 5.74) is 0.527. The third-order valence-electron chi connectivity index (χ3n) is 2.78. The van der Waals surface area contributed by atoms with Gasteiger partial charge in [0, 0.05) is 18.7 Å². The number of aromatic nitrogens is 1. The van der Waals surface area contributed by atoms with E-state index < -0.39 is 0 Å². The Bertz CT molecular complexity index is 374. The monoisotopic (exact) mass is 258 g/mol. The molecule has 0 fully saturated rings. The van der Waals surface area contributed by atoms with Gasteiger partial charge in [-0.3, -0.25) is 4.98 Å². The summed E-state index contributed by atoms with van der Waals surface area (Å²) < 4.78 is 13.7. The molecular weight excluding hydrogens is 239 g/mol. The number of likely N-dealkylation sites (N-methyl/N-ethyl adjacent to an activating group) is 1. The second kappa shape index (κ2) is 5.78. The molecule has 0 aliphatic rings. The van der Waals surface area contributed by atoms with Crippen LogP contribution in [-0.4, -0.2) is 17.6 Å². The summed E-state index contributed by atoms with van der Waals surface area (Å²) in [7, 11) is 0. The lowest BCUT2D eigenvalue weighted by Gasteiger charge is -2.31. The maximum atomic E-state index is 13.7. The maximum absolute atomic E-state index is 13.7. The smallest absolute Gasteiger partial charge is 0.146 e. The van der Waals surface area contributed by atoms with Crippen molar-refractivity contribution >= 4 is 11.6 Å². The van der Waals surface area contributed by atoms with Crippen LogP contribution in [0.3, 0.4) is 0 Å². The Morgan fingerprint density at radius 1 is 1.47 bits per heavy atom. The first-order valence-electron chi connectivity index (χ1n) is 5.88. The highest BCUT2D eigenvalue weighted by Crippen LogP contribution is 2.23. The van der Waals surface area contributed by atoms with Gasteiger partial charge in [0.05, 0.1) is 10.7 Å². The number of nitrogens with zero attached hydrogens (tertiary/aromatic N) is 1. The van der Waals surface area contributed by atoms with Crippen LogP contribution in [0.4, 0.5) is 4.39 Å². The van der Waals surface area contributed by atoms with Crippen molar-refractivity contribution < 1.29 is 4.39 Å². The van der Waals surface area contributed by atoms with E-state index in [1.807, 2.05) is 6.92 Å². The van der Waals surface area contributed by atoms with Crippen LogP contribution >= 0.6 is 11.6 Å². The van der Waals surface area contributed by atoms with E-state index in [2.05, 4.69) is 31.1 Å². The summed E-state index contributed by atoms with van der Waals surface area (Å²) in [5.74, 6) is -0.329. The van der Waals surface area contributed by atoms with E-state index >= 15 is 0 Å². The number of hydrogen-bond donors (Lipinski definition) is 1. The molecule has 0 saturated heterocycles. The minimum Gasteiger partial charge on any atom is -0.313 e. The fraction of sp³-hybridized carbons (Fsp3) is 0.615. The van der Waals surface area contributed by atoms with Crippen LogP contribution in [-0.2, 0) is 6.42 Å². The average molecular weight is 259 g/mol. The van der Waals surface area contributed by atoms with E-state index in [0.717, 1.165) is 6.54 Å². The molecule has 1 aromatic heterocycles. The maximum Gasteiger partial charge on any atom is 0.146 e. The van der Waals surface area contributed by atoms with Gasteiger partial charge in [0.2, 0.25) is 0 Å². The van der Waals surface area contributed by atoms with Gasteiger partial charge in [0.25, 0.3) is 0 Å². The molecule has 4 heteroatoms. The molecule has 1 aromatic rings. The second-order valence-corrected chi connectivity index (χ2v) is 5.70. The van der Waals surface area contributed by atoms with Crippen molar-refractivity contribution in [3.8, 4) is 0 Å². The predicted molar refractivity (Wildman–Crippen MR) is 69.8 cm³/mol. The summed E-state index contributed by atoms with van der Waals surface area (Å²) in [6, 6.07) is 1.51. The molecule has 1 N–H and O–H groups in total. The second-order valence-electron chi connectivity index (χ2n) is 5.26. The van der Waals surface area contributed by atoms with Crippen LogP contribution in [0.1, 0.15) is 33.4 Å². The standard InChI is InChI=1S/C13H20ClFN2/c1-5-16-12(13(2,3)4)7-11-10(15)6-9(14)8-17-11/h6,8,12,16H,5,7H2,1-4H3. The minimum absolute atomic E-state index is 0.0593. The van der Waals surface area contributed by atoms with E-state index in [4.69, 9.17) is 11.6 Å². The molecule has 1 heterocycles. The summed E-state index contributed by atoms with van der Waals surface area (Å²) in [4.78, 5) is 4.07. The highest BCUT2D eigenvalue weighted by atomic mass is 35.5. The van der Waals surface area contributed by atoms with Crippen molar-refractivity contribution in [2.75, 3.05) is 6.54 Å². The summed E-state index contributed by atoms with van der Waals surface area (Å²) in [6.45, 7) is 9.30. The number of rotatable bonds is 4. The molecule has 0 aliphatic heterocycles. The van der Waals surface area contributed by atoms with Crippen LogP contribution in [0, 0.1) is 11.2 Å². The third-order valence-corrected chi connectivity index (χ3v) is 2.98. The first-order valence-corrected chi connectivity index (χ1v) is 6.25. The first kappa shape index (κ1) is 14.4. The SMILES string of the molecule is CCNC(Cc1ncc(Cl)cc1F)C(C)(C)C. The van der Waals surface area contributed by atoms with Crippen molar-refractivity contribution in [1.29, 1.82) is 0 Å². The van der Waals surface area contributed by atoms with Gasteiger partial charge >= 0.3 is 0 Å². The van der Waals surface area contributed by atoms with Gasteiger partial charge in [-0.1, -0.05) is 39.3 Å². The average Bonchev–Trinajstić information content (AvgIpc) is 2.19. The minimum atomic E-state index is -0.329.